The molecule has 1 heterocycles. The topological polar surface area (TPSA) is 98.0 Å². The number of aliphatic hydroxyl groups is 1. The van der Waals surface area contributed by atoms with Crippen LogP contribution in [0.3, 0.4) is 0 Å². The second-order valence-electron chi connectivity index (χ2n) is 7.84. The lowest BCUT2D eigenvalue weighted by molar-refractivity contribution is 0.119. The number of aliphatic hydroxyl groups excluding tert-OH is 1. The van der Waals surface area contributed by atoms with Crippen molar-refractivity contribution in [3.8, 4) is 5.69 Å². The number of nitrogens with zero attached hydrogens (tertiary/aromatic N) is 2. The molecule has 32 heavy (non-hydrogen) atoms. The highest BCUT2D eigenvalue weighted by atomic mass is 19.1. The number of nitrogens with one attached hydrogen (secondary N) is 4. The van der Waals surface area contributed by atoms with Crippen molar-refractivity contribution in [3.63, 3.8) is 0 Å². The quantitative estimate of drug-likeness (QED) is 0.336. The van der Waals surface area contributed by atoms with Crippen LogP contribution in [0.15, 0.2) is 67.0 Å². The lowest BCUT2D eigenvalue weighted by atomic mass is 9.93. The highest BCUT2D eigenvalue weighted by molar-refractivity contribution is 5.85. The molecule has 0 radical (unpaired) electrons. The lowest BCUT2D eigenvalue weighted by Crippen LogP contribution is -2.36. The van der Waals surface area contributed by atoms with Crippen molar-refractivity contribution in [1.82, 2.24) is 14.9 Å². The molecule has 0 saturated heterocycles. The van der Waals surface area contributed by atoms with E-state index in [2.05, 4.69) is 27.5 Å². The average Bonchev–Trinajstić information content (AvgIpc) is 3.14. The summed E-state index contributed by atoms with van der Waals surface area (Å²) in [5, 5.41) is 27.3. The van der Waals surface area contributed by atoms with Crippen molar-refractivity contribution >= 4 is 23.7 Å². The van der Waals surface area contributed by atoms with Crippen molar-refractivity contribution in [2.75, 3.05) is 10.6 Å². The van der Waals surface area contributed by atoms with E-state index in [1.165, 1.54) is 6.07 Å². The van der Waals surface area contributed by atoms with Gasteiger partial charge < -0.3 is 26.5 Å². The molecule has 166 valence electrons. The minimum Gasteiger partial charge on any atom is -0.393 e. The Bertz CT molecular complexity index is 1090. The number of para-hydroxylation sites is 2. The summed E-state index contributed by atoms with van der Waals surface area (Å²) in [5.74, 6) is 1.09. The first-order chi connectivity index (χ1) is 15.5. The molecule has 1 fully saturated rings. The van der Waals surface area contributed by atoms with E-state index in [0.717, 1.165) is 37.6 Å². The minimum absolute atomic E-state index is 0.214. The molecule has 1 aliphatic rings. The number of imidazole rings is 1. The van der Waals surface area contributed by atoms with Crippen molar-refractivity contribution in [3.05, 3.63) is 78.5 Å². The third kappa shape index (κ3) is 4.81. The predicted octanol–water partition coefficient (Wildman–Crippen LogP) is 4.53. The molecule has 0 atom stereocenters. The third-order valence-corrected chi connectivity index (χ3v) is 5.52. The van der Waals surface area contributed by atoms with Gasteiger partial charge in [-0.2, -0.15) is 0 Å². The Morgan fingerprint density at radius 1 is 1.09 bits per heavy atom. The van der Waals surface area contributed by atoms with Gasteiger partial charge in [-0.25, -0.2) is 9.37 Å². The molecule has 0 amide bonds. The number of rotatable bonds is 8. The van der Waals surface area contributed by atoms with E-state index in [1.807, 2.05) is 30.3 Å². The molecule has 0 spiro atoms. The summed E-state index contributed by atoms with van der Waals surface area (Å²) in [5.41, 5.74) is 1.47. The summed E-state index contributed by atoms with van der Waals surface area (Å²) >= 11 is 0. The normalized spacial score (nSPS) is 18.1. The molecule has 8 heteroatoms. The second-order valence-corrected chi connectivity index (χ2v) is 7.84. The van der Waals surface area contributed by atoms with E-state index >= 15 is 0 Å². The number of hydrogen-bond donors (Lipinski definition) is 5. The first kappa shape index (κ1) is 21.6. The second kappa shape index (κ2) is 9.65. The highest BCUT2D eigenvalue weighted by Gasteiger charge is 2.22. The van der Waals surface area contributed by atoms with Crippen LogP contribution in [0.4, 0.5) is 21.8 Å². The van der Waals surface area contributed by atoms with Crippen LogP contribution in [0.2, 0.25) is 0 Å². The zero-order valence-electron chi connectivity index (χ0n) is 17.7. The fourth-order valence-corrected chi connectivity index (χ4v) is 3.90. The summed E-state index contributed by atoms with van der Waals surface area (Å²) in [7, 11) is 0. The Kier molecular flexibility index (Phi) is 6.51. The van der Waals surface area contributed by atoms with E-state index in [1.54, 1.807) is 22.8 Å². The first-order valence-electron chi connectivity index (χ1n) is 10.7. The maximum Gasteiger partial charge on any atom is 0.214 e. The van der Waals surface area contributed by atoms with Gasteiger partial charge in [0, 0.05) is 12.3 Å². The van der Waals surface area contributed by atoms with Crippen molar-refractivity contribution in [1.29, 1.82) is 5.41 Å². The van der Waals surface area contributed by atoms with Crippen LogP contribution < -0.4 is 16.0 Å². The van der Waals surface area contributed by atoms with Crippen molar-refractivity contribution in [2.45, 2.75) is 37.8 Å². The Morgan fingerprint density at radius 2 is 1.78 bits per heavy atom. The zero-order valence-corrected chi connectivity index (χ0v) is 17.7. The smallest absolute Gasteiger partial charge is 0.214 e. The molecule has 1 aliphatic carbocycles. The maximum atomic E-state index is 14.3. The van der Waals surface area contributed by atoms with E-state index in [0.29, 0.717) is 23.3 Å². The molecule has 1 aromatic heterocycles. The third-order valence-electron chi connectivity index (χ3n) is 5.52. The first-order valence-corrected chi connectivity index (χ1v) is 10.7. The average molecular weight is 435 g/mol. The fourth-order valence-electron chi connectivity index (χ4n) is 3.90. The highest BCUT2D eigenvalue weighted by Crippen LogP contribution is 2.30. The molecule has 0 aliphatic heterocycles. The minimum atomic E-state index is -0.397. The van der Waals surface area contributed by atoms with Gasteiger partial charge in [-0.15, -0.1) is 0 Å². The van der Waals surface area contributed by atoms with E-state index in [9.17, 15) is 9.50 Å². The number of aromatic nitrogens is 2. The number of anilines is 3. The summed E-state index contributed by atoms with van der Waals surface area (Å²) in [6.07, 6.45) is 4.16. The lowest BCUT2D eigenvalue weighted by Gasteiger charge is -2.28. The van der Waals surface area contributed by atoms with Crippen LogP contribution in [0.5, 0.6) is 0 Å². The van der Waals surface area contributed by atoms with Gasteiger partial charge in [0.15, 0.2) is 0 Å². The number of halogens is 1. The van der Waals surface area contributed by atoms with Gasteiger partial charge in [-0.3, -0.25) is 4.57 Å². The fraction of sp³-hybridized carbons (Fsp3) is 0.250. The molecular formula is C24H27FN6O. The summed E-state index contributed by atoms with van der Waals surface area (Å²) in [4.78, 5) is 4.53. The Hall–Kier alpha value is -3.65. The molecule has 7 nitrogen and oxygen atoms in total. The van der Waals surface area contributed by atoms with E-state index < -0.39 is 5.82 Å². The van der Waals surface area contributed by atoms with Gasteiger partial charge in [-0.1, -0.05) is 36.9 Å². The standard InChI is InChI=1S/C24H27FN6O/c1-16(27-17-11-13-19(32)14-12-17)28-23-22(15-26)30-24(29-21-10-6-5-9-20(21)25)31(23)18-7-3-2-4-8-18/h2-10,15,17,19,26-28,32H,1,11-14H2,(H,29,30). The van der Waals surface area contributed by atoms with Crippen molar-refractivity contribution in [2.24, 2.45) is 0 Å². The van der Waals surface area contributed by atoms with Gasteiger partial charge in [0.25, 0.3) is 0 Å². The predicted molar refractivity (Wildman–Crippen MR) is 125 cm³/mol. The molecule has 0 bridgehead atoms. The van der Waals surface area contributed by atoms with Gasteiger partial charge in [-0.05, 0) is 49.9 Å². The van der Waals surface area contributed by atoms with Crippen LogP contribution >= 0.6 is 0 Å². The van der Waals surface area contributed by atoms with Crippen LogP contribution in [0.1, 0.15) is 31.4 Å². The van der Waals surface area contributed by atoms with Crippen LogP contribution in [0.25, 0.3) is 5.69 Å². The van der Waals surface area contributed by atoms with E-state index in [4.69, 9.17) is 5.41 Å². The zero-order chi connectivity index (χ0) is 22.5. The molecular weight excluding hydrogens is 407 g/mol. The van der Waals surface area contributed by atoms with Gasteiger partial charge in [0.1, 0.15) is 17.3 Å². The van der Waals surface area contributed by atoms with Gasteiger partial charge in [0.2, 0.25) is 5.95 Å². The maximum absolute atomic E-state index is 14.3. The molecule has 2 aromatic carbocycles. The monoisotopic (exact) mass is 434 g/mol. The molecule has 3 aromatic rings. The largest absolute Gasteiger partial charge is 0.393 e. The molecule has 0 unspecified atom stereocenters. The summed E-state index contributed by atoms with van der Waals surface area (Å²) in [6, 6.07) is 16.1. The SMILES string of the molecule is C=C(Nc1c(C=N)nc(Nc2ccccc2F)n1-c1ccccc1)NC1CCC(O)CC1. The number of benzene rings is 2. The van der Waals surface area contributed by atoms with Gasteiger partial charge in [0.05, 0.1) is 23.3 Å². The van der Waals surface area contributed by atoms with Crippen LogP contribution in [0, 0.1) is 11.2 Å². The molecule has 1 saturated carbocycles. The van der Waals surface area contributed by atoms with Crippen molar-refractivity contribution < 1.29 is 9.50 Å². The molecule has 4 rings (SSSR count). The van der Waals surface area contributed by atoms with Crippen LogP contribution in [-0.4, -0.2) is 33.0 Å². The molecule has 5 N–H and O–H groups in total. The van der Waals surface area contributed by atoms with Gasteiger partial charge >= 0.3 is 0 Å². The Morgan fingerprint density at radius 3 is 2.47 bits per heavy atom. The van der Waals surface area contributed by atoms with Crippen LogP contribution in [-0.2, 0) is 0 Å². The summed E-state index contributed by atoms with van der Waals surface area (Å²) < 4.78 is 16.1. The summed E-state index contributed by atoms with van der Waals surface area (Å²) in [6.45, 7) is 4.10. The van der Waals surface area contributed by atoms with E-state index in [-0.39, 0.29) is 17.8 Å². The Balaban J connectivity index is 1.66. The Labute approximate surface area is 186 Å². The number of hydrogen-bond acceptors (Lipinski definition) is 6.